The number of rotatable bonds is 6. The third-order valence-corrected chi connectivity index (χ3v) is 6.09. The van der Waals surface area contributed by atoms with Crippen LogP contribution in [-0.4, -0.2) is 28.8 Å². The van der Waals surface area contributed by atoms with Gasteiger partial charge in [-0.15, -0.1) is 35.3 Å². The van der Waals surface area contributed by atoms with Gasteiger partial charge in [0.2, 0.25) is 0 Å². The van der Waals surface area contributed by atoms with Crippen LogP contribution in [0.1, 0.15) is 49.5 Å². The number of hydrogen-bond acceptors (Lipinski definition) is 3. The lowest BCUT2D eigenvalue weighted by Crippen LogP contribution is -2.46. The second-order valence-electron chi connectivity index (χ2n) is 6.89. The molecule has 1 aliphatic rings. The minimum Gasteiger partial charge on any atom is -0.357 e. The minimum atomic E-state index is 0. The van der Waals surface area contributed by atoms with Crippen LogP contribution in [0.5, 0.6) is 0 Å². The largest absolute Gasteiger partial charge is 0.357 e. The Morgan fingerprint density at radius 2 is 2.12 bits per heavy atom. The Kier molecular flexibility index (Phi) is 8.40. The molecule has 1 aliphatic carbocycles. The van der Waals surface area contributed by atoms with E-state index in [0.29, 0.717) is 6.54 Å². The van der Waals surface area contributed by atoms with Gasteiger partial charge in [-0.3, -0.25) is 4.68 Å². The zero-order valence-corrected chi connectivity index (χ0v) is 18.8. The molecule has 2 N–H and O–H groups in total. The quantitative estimate of drug-likeness (QED) is 0.367. The van der Waals surface area contributed by atoms with Crippen LogP contribution in [0.2, 0.25) is 0 Å². The smallest absolute Gasteiger partial charge is 0.191 e. The molecule has 2 aromatic heterocycles. The fourth-order valence-electron chi connectivity index (χ4n) is 3.64. The summed E-state index contributed by atoms with van der Waals surface area (Å²) in [5, 5.41) is 13.4. The normalized spacial score (nSPS) is 16.8. The number of halogens is 1. The summed E-state index contributed by atoms with van der Waals surface area (Å²) in [5.74, 6) is 0.896. The van der Waals surface area contributed by atoms with Crippen molar-refractivity contribution < 1.29 is 0 Å². The van der Waals surface area contributed by atoms with Gasteiger partial charge < -0.3 is 10.6 Å². The van der Waals surface area contributed by atoms with Gasteiger partial charge in [0, 0.05) is 42.2 Å². The molecule has 1 fully saturated rings. The highest BCUT2D eigenvalue weighted by molar-refractivity contribution is 14.0. The molecule has 0 saturated heterocycles. The molecular formula is C19H30IN5S. The molecule has 7 heteroatoms. The lowest BCUT2D eigenvalue weighted by atomic mass is 9.73. The molecule has 144 valence electrons. The highest BCUT2D eigenvalue weighted by Gasteiger charge is 2.34. The van der Waals surface area contributed by atoms with Gasteiger partial charge in [0.1, 0.15) is 0 Å². The molecule has 2 aromatic rings. The molecule has 0 atom stereocenters. The summed E-state index contributed by atoms with van der Waals surface area (Å²) in [6.07, 6.45) is 10.4. The molecule has 0 radical (unpaired) electrons. The summed E-state index contributed by atoms with van der Waals surface area (Å²) >= 11 is 1.89. The van der Waals surface area contributed by atoms with Crippen molar-refractivity contribution in [2.75, 3.05) is 13.1 Å². The molecule has 0 aliphatic heterocycles. The minimum absolute atomic E-state index is 0. The predicted molar refractivity (Wildman–Crippen MR) is 121 cm³/mol. The Labute approximate surface area is 177 Å². The van der Waals surface area contributed by atoms with Crippen molar-refractivity contribution in [1.29, 1.82) is 0 Å². The zero-order valence-electron chi connectivity index (χ0n) is 15.7. The summed E-state index contributed by atoms with van der Waals surface area (Å²) < 4.78 is 1.82. The number of aromatic nitrogens is 2. The Hall–Kier alpha value is -1.09. The maximum atomic E-state index is 4.74. The lowest BCUT2D eigenvalue weighted by molar-refractivity contribution is 0.296. The second kappa shape index (κ2) is 10.3. The van der Waals surface area contributed by atoms with Gasteiger partial charge in [-0.05, 0) is 31.2 Å². The first kappa shape index (κ1) is 21.2. The first-order valence-corrected chi connectivity index (χ1v) is 10.1. The molecule has 0 aromatic carbocycles. The average molecular weight is 487 g/mol. The van der Waals surface area contributed by atoms with Crippen molar-refractivity contribution in [3.8, 4) is 0 Å². The predicted octanol–water partition coefficient (Wildman–Crippen LogP) is 4.06. The third kappa shape index (κ3) is 5.45. The van der Waals surface area contributed by atoms with Crippen molar-refractivity contribution in [3.05, 3.63) is 40.3 Å². The van der Waals surface area contributed by atoms with Gasteiger partial charge in [0.05, 0.1) is 12.7 Å². The van der Waals surface area contributed by atoms with Crippen molar-refractivity contribution in [2.24, 2.45) is 12.0 Å². The van der Waals surface area contributed by atoms with Gasteiger partial charge in [-0.2, -0.15) is 5.10 Å². The molecule has 3 rings (SSSR count). The zero-order chi connectivity index (χ0) is 17.5. The first-order chi connectivity index (χ1) is 12.2. The topological polar surface area (TPSA) is 54.2 Å². The van der Waals surface area contributed by atoms with E-state index in [4.69, 9.17) is 4.99 Å². The van der Waals surface area contributed by atoms with Crippen LogP contribution in [0.4, 0.5) is 0 Å². The maximum Gasteiger partial charge on any atom is 0.191 e. The van der Waals surface area contributed by atoms with Gasteiger partial charge in [0.25, 0.3) is 0 Å². The van der Waals surface area contributed by atoms with Gasteiger partial charge in [-0.1, -0.05) is 25.3 Å². The number of hydrogen-bond donors (Lipinski definition) is 2. The lowest BCUT2D eigenvalue weighted by Gasteiger charge is -2.37. The highest BCUT2D eigenvalue weighted by Crippen LogP contribution is 2.41. The van der Waals surface area contributed by atoms with E-state index in [1.165, 1.54) is 37.0 Å². The molecule has 0 unspecified atom stereocenters. The molecule has 26 heavy (non-hydrogen) atoms. The van der Waals surface area contributed by atoms with Crippen LogP contribution >= 0.6 is 35.3 Å². The molecule has 5 nitrogen and oxygen atoms in total. The van der Waals surface area contributed by atoms with Crippen LogP contribution in [-0.2, 0) is 19.0 Å². The Morgan fingerprint density at radius 1 is 1.31 bits per heavy atom. The van der Waals surface area contributed by atoms with Gasteiger partial charge >= 0.3 is 0 Å². The second-order valence-corrected chi connectivity index (χ2v) is 7.84. The van der Waals surface area contributed by atoms with Crippen LogP contribution in [0, 0.1) is 0 Å². The molecule has 2 heterocycles. The Morgan fingerprint density at radius 3 is 2.73 bits per heavy atom. The van der Waals surface area contributed by atoms with E-state index < -0.39 is 0 Å². The fourth-order valence-corrected chi connectivity index (χ4v) is 4.62. The van der Waals surface area contributed by atoms with Crippen molar-refractivity contribution in [2.45, 2.75) is 51.0 Å². The van der Waals surface area contributed by atoms with E-state index in [2.05, 4.69) is 40.2 Å². The van der Waals surface area contributed by atoms with Crippen LogP contribution in [0.3, 0.4) is 0 Å². The number of guanidine groups is 1. The summed E-state index contributed by atoms with van der Waals surface area (Å²) in [4.78, 5) is 6.25. The van der Waals surface area contributed by atoms with E-state index in [-0.39, 0.29) is 29.4 Å². The fraction of sp³-hybridized carbons (Fsp3) is 0.579. The molecular weight excluding hydrogens is 457 g/mol. The van der Waals surface area contributed by atoms with E-state index in [1.807, 2.05) is 35.5 Å². The van der Waals surface area contributed by atoms with Crippen molar-refractivity contribution >= 4 is 41.3 Å². The standard InChI is InChI=1S/C19H29N5S.HI/c1-3-20-18(21-12-16-13-23-24(2)14-16)22-15-19(9-5-4-6-10-19)17-8-7-11-25-17;/h7-8,11,13-14H,3-6,9-10,12,15H2,1-2H3,(H2,20,21,22);1H. The number of nitrogens with zero attached hydrogens (tertiary/aromatic N) is 3. The van der Waals surface area contributed by atoms with Crippen molar-refractivity contribution in [3.63, 3.8) is 0 Å². The molecule has 0 amide bonds. The van der Waals surface area contributed by atoms with E-state index in [1.54, 1.807) is 0 Å². The van der Waals surface area contributed by atoms with Crippen LogP contribution < -0.4 is 10.6 Å². The van der Waals surface area contributed by atoms with E-state index in [9.17, 15) is 0 Å². The monoisotopic (exact) mass is 487 g/mol. The van der Waals surface area contributed by atoms with E-state index in [0.717, 1.165) is 24.6 Å². The van der Waals surface area contributed by atoms with E-state index >= 15 is 0 Å². The summed E-state index contributed by atoms with van der Waals surface area (Å²) in [7, 11) is 1.94. The summed E-state index contributed by atoms with van der Waals surface area (Å²) in [6.45, 7) is 4.57. The van der Waals surface area contributed by atoms with Gasteiger partial charge in [-0.25, -0.2) is 4.99 Å². The number of aliphatic imine (C=N–C) groups is 1. The SMILES string of the molecule is CCNC(=NCc1cnn(C)c1)NCC1(c2cccs2)CCCCC1.I. The summed E-state index contributed by atoms with van der Waals surface area (Å²) in [5.41, 5.74) is 1.39. The number of aryl methyl sites for hydroxylation is 1. The number of nitrogens with one attached hydrogen (secondary N) is 2. The molecule has 0 bridgehead atoms. The van der Waals surface area contributed by atoms with Crippen LogP contribution in [0.15, 0.2) is 34.9 Å². The maximum absolute atomic E-state index is 4.74. The third-order valence-electron chi connectivity index (χ3n) is 4.97. The Bertz CT molecular complexity index is 674. The first-order valence-electron chi connectivity index (χ1n) is 9.25. The highest BCUT2D eigenvalue weighted by atomic mass is 127. The van der Waals surface area contributed by atoms with Crippen molar-refractivity contribution in [1.82, 2.24) is 20.4 Å². The number of thiophene rings is 1. The molecule has 1 saturated carbocycles. The Balaban J connectivity index is 0.00000243. The summed E-state index contributed by atoms with van der Waals surface area (Å²) in [6, 6.07) is 4.48. The van der Waals surface area contributed by atoms with Crippen LogP contribution in [0.25, 0.3) is 0 Å². The molecule has 0 spiro atoms. The van der Waals surface area contributed by atoms with Gasteiger partial charge in [0.15, 0.2) is 5.96 Å². The average Bonchev–Trinajstić information content (AvgIpc) is 3.30.